The molecule has 0 saturated carbocycles. The minimum absolute atomic E-state index is 0.326. The van der Waals surface area contributed by atoms with Gasteiger partial charge in [-0.2, -0.15) is 0 Å². The Bertz CT molecular complexity index is 1160. The van der Waals surface area contributed by atoms with Crippen molar-refractivity contribution in [3.63, 3.8) is 0 Å². The molecule has 0 amide bonds. The molecule has 2 aromatic rings. The predicted octanol–water partition coefficient (Wildman–Crippen LogP) is 1.30. The Kier molecular flexibility index (Phi) is 15.8. The van der Waals surface area contributed by atoms with Crippen LogP contribution in [-0.4, -0.2) is 89.2 Å². The van der Waals surface area contributed by atoms with Crippen LogP contribution in [0, 0.1) is 13.8 Å². The summed E-state index contributed by atoms with van der Waals surface area (Å²) in [5, 5.41) is 21.5. The van der Waals surface area contributed by atoms with Gasteiger partial charge in [0.25, 0.3) is 0 Å². The zero-order chi connectivity index (χ0) is 29.6. The third kappa shape index (κ3) is 12.8. The molecule has 0 radical (unpaired) electrons. The van der Waals surface area contributed by atoms with Gasteiger partial charge in [-0.05, 0) is 37.1 Å². The molecule has 3 aliphatic heterocycles. The molecular weight excluding hydrogens is 606 g/mol. The number of rotatable bonds is 0. The van der Waals surface area contributed by atoms with Crippen LogP contribution in [0.2, 0.25) is 0 Å². The Balaban J connectivity index is 0.000000748. The molecule has 39 heavy (non-hydrogen) atoms. The van der Waals surface area contributed by atoms with E-state index in [2.05, 4.69) is 45.8 Å². The van der Waals surface area contributed by atoms with Gasteiger partial charge in [-0.1, -0.05) is 12.1 Å². The van der Waals surface area contributed by atoms with Crippen molar-refractivity contribution in [2.75, 3.05) is 39.3 Å². The number of phenols is 2. The minimum atomic E-state index is -5.17. The van der Waals surface area contributed by atoms with E-state index in [-0.39, 0.29) is 0 Å². The average molecular weight is 636 g/mol. The monoisotopic (exact) mass is 636 g/mol. The van der Waals surface area contributed by atoms with Gasteiger partial charge in [-0.25, -0.2) is 0 Å². The SMILES string of the molecule is Cc1cc2c(O)c(c1)CN1CCN(CC1)Cc1cc(C)cc(c1O)C=NCCN=C2.O=S(=O)([O-])[O-].[O]=[V].[O]=[V]. The second-order valence-electron chi connectivity index (χ2n) is 8.75. The van der Waals surface area contributed by atoms with Gasteiger partial charge >= 0.3 is 42.1 Å². The van der Waals surface area contributed by atoms with E-state index >= 15 is 0 Å². The predicted molar refractivity (Wildman–Crippen MR) is 133 cm³/mol. The van der Waals surface area contributed by atoms with E-state index in [1.807, 2.05) is 12.1 Å². The second kappa shape index (κ2) is 17.6. The summed E-state index contributed by atoms with van der Waals surface area (Å²) in [5.41, 5.74) is 5.67. The molecule has 15 heteroatoms. The van der Waals surface area contributed by atoms with Gasteiger partial charge in [-0.3, -0.25) is 28.2 Å². The molecule has 0 spiro atoms. The van der Waals surface area contributed by atoms with Crippen molar-refractivity contribution in [2.24, 2.45) is 9.98 Å². The van der Waals surface area contributed by atoms with Crippen molar-refractivity contribution in [1.82, 2.24) is 9.80 Å². The fourth-order valence-corrected chi connectivity index (χ4v) is 4.23. The second-order valence-corrected chi connectivity index (χ2v) is 9.57. The molecule has 6 bridgehead atoms. The first-order chi connectivity index (χ1) is 18.5. The number of piperazine rings is 1. The number of hydrogen-bond donors (Lipinski definition) is 2. The first kappa shape index (κ1) is 35.0. The first-order valence-electron chi connectivity index (χ1n) is 11.6. The number of benzene rings is 2. The Labute approximate surface area is 246 Å². The van der Waals surface area contributed by atoms with E-state index < -0.39 is 10.4 Å². The van der Waals surface area contributed by atoms with Crippen LogP contribution in [0.4, 0.5) is 0 Å². The maximum atomic E-state index is 10.7. The summed E-state index contributed by atoms with van der Waals surface area (Å²) in [4.78, 5) is 13.6. The van der Waals surface area contributed by atoms with E-state index in [0.717, 1.165) is 107 Å². The van der Waals surface area contributed by atoms with E-state index in [4.69, 9.17) is 24.9 Å². The van der Waals surface area contributed by atoms with Crippen molar-refractivity contribution < 1.29 is 69.8 Å². The Morgan fingerprint density at radius 3 is 1.33 bits per heavy atom. The van der Waals surface area contributed by atoms with Crippen LogP contribution >= 0.6 is 0 Å². The van der Waals surface area contributed by atoms with Crippen LogP contribution in [0.3, 0.4) is 0 Å². The third-order valence-electron chi connectivity index (χ3n) is 5.80. The van der Waals surface area contributed by atoms with Crippen molar-refractivity contribution in [3.8, 4) is 11.5 Å². The van der Waals surface area contributed by atoms with Crippen LogP contribution < -0.4 is 0 Å². The van der Waals surface area contributed by atoms with Gasteiger partial charge in [-0.15, -0.1) is 0 Å². The van der Waals surface area contributed by atoms with E-state index in [1.165, 1.54) is 0 Å². The van der Waals surface area contributed by atoms with E-state index in [1.54, 1.807) is 12.4 Å². The van der Waals surface area contributed by atoms with Crippen LogP contribution in [0.15, 0.2) is 34.3 Å². The zero-order valence-electron chi connectivity index (χ0n) is 21.6. The molecule has 3 aliphatic rings. The Morgan fingerprint density at radius 2 is 1.03 bits per heavy atom. The van der Waals surface area contributed by atoms with E-state index in [9.17, 15) is 10.2 Å². The molecule has 3 heterocycles. The molecule has 2 aromatic carbocycles. The normalized spacial score (nSPS) is 18.5. The average Bonchev–Trinajstić information content (AvgIpc) is 2.88. The molecule has 12 nitrogen and oxygen atoms in total. The summed E-state index contributed by atoms with van der Waals surface area (Å²) < 4.78 is 50.5. The van der Waals surface area contributed by atoms with Gasteiger partial charge in [0, 0.05) is 84.4 Å². The summed E-state index contributed by atoms with van der Waals surface area (Å²) >= 11 is 2.12. The Hall–Kier alpha value is -2.06. The molecule has 0 unspecified atom stereocenters. The van der Waals surface area contributed by atoms with Gasteiger partial charge in [0.15, 0.2) is 0 Å². The van der Waals surface area contributed by atoms with Gasteiger partial charge in [0.2, 0.25) is 0 Å². The third-order valence-corrected chi connectivity index (χ3v) is 5.80. The first-order valence-corrected chi connectivity index (χ1v) is 14.1. The maximum absolute atomic E-state index is 10.7. The number of phenolic OH excluding ortho intramolecular Hbond substituents is 2. The molecule has 0 aliphatic carbocycles. The number of aryl methyl sites for hydroxylation is 2. The summed E-state index contributed by atoms with van der Waals surface area (Å²) in [7, 11) is -5.17. The molecule has 0 atom stereocenters. The molecule has 2 N–H and O–H groups in total. The van der Waals surface area contributed by atoms with Gasteiger partial charge in [0.05, 0.1) is 13.1 Å². The number of nitrogens with zero attached hydrogens (tertiary/aromatic N) is 4. The van der Waals surface area contributed by atoms with Gasteiger partial charge in [0.1, 0.15) is 11.5 Å². The van der Waals surface area contributed by atoms with E-state index in [0.29, 0.717) is 24.6 Å². The molecular formula is C24H30N4O8SV2-2. The summed E-state index contributed by atoms with van der Waals surface area (Å²) in [6, 6.07) is 8.06. The summed E-state index contributed by atoms with van der Waals surface area (Å²) in [5.74, 6) is 0.651. The summed E-state index contributed by atoms with van der Waals surface area (Å²) in [6.45, 7) is 10.3. The van der Waals surface area contributed by atoms with Crippen molar-refractivity contribution in [3.05, 3.63) is 57.6 Å². The van der Waals surface area contributed by atoms with Crippen LogP contribution in [0.25, 0.3) is 0 Å². The van der Waals surface area contributed by atoms with Crippen LogP contribution in [0.1, 0.15) is 33.4 Å². The van der Waals surface area contributed by atoms with Gasteiger partial charge < -0.3 is 19.3 Å². The number of aliphatic imine (C=N–C) groups is 2. The fourth-order valence-electron chi connectivity index (χ4n) is 4.23. The van der Waals surface area contributed by atoms with Crippen molar-refractivity contribution in [2.45, 2.75) is 26.9 Å². The molecule has 0 aromatic heterocycles. The quantitative estimate of drug-likeness (QED) is 0.315. The molecule has 1 saturated heterocycles. The van der Waals surface area contributed by atoms with Crippen molar-refractivity contribution in [1.29, 1.82) is 0 Å². The zero-order valence-corrected chi connectivity index (χ0v) is 25.2. The summed E-state index contributed by atoms with van der Waals surface area (Å²) in [6.07, 6.45) is 3.48. The fraction of sp³-hybridized carbons (Fsp3) is 0.417. The van der Waals surface area contributed by atoms with Crippen LogP contribution in [-0.2, 0) is 65.6 Å². The van der Waals surface area contributed by atoms with Crippen LogP contribution in [0.5, 0.6) is 11.5 Å². The molecule has 212 valence electrons. The number of aromatic hydroxyl groups is 2. The van der Waals surface area contributed by atoms with Crippen molar-refractivity contribution >= 4 is 22.8 Å². The standard InChI is InChI=1S/C24H30N4O2.H2O4S.2O.2V/c1-17-9-19-13-25-3-4-26-14-20-10-18(2)12-22(24(20)30)16-28-7-5-27(6-8-28)15-21(11-17)23(19)29;1-5(2,3)4;;;;/h9-14,29-30H,3-8,15-16H2,1-2H3;(H2,1,2,3,4);;;;/p-2. The number of fused-ring (bicyclic) bond motifs is 5. The topological polar surface area (TPSA) is 186 Å². The Morgan fingerprint density at radius 1 is 0.718 bits per heavy atom. The molecule has 1 fully saturated rings. The molecule has 5 rings (SSSR count). The number of hydrogen-bond acceptors (Lipinski definition) is 12.